The van der Waals surface area contributed by atoms with Gasteiger partial charge >= 0.3 is 0 Å². The lowest BCUT2D eigenvalue weighted by Gasteiger charge is -2.02. The van der Waals surface area contributed by atoms with Gasteiger partial charge in [0.05, 0.1) is 23.0 Å². The molecule has 136 valence electrons. The normalized spacial score (nSPS) is 11.5. The van der Waals surface area contributed by atoms with Crippen molar-refractivity contribution in [2.75, 3.05) is 0 Å². The van der Waals surface area contributed by atoms with Crippen molar-refractivity contribution in [3.63, 3.8) is 0 Å². The molecule has 3 aromatic rings. The number of benzene rings is 1. The molecule has 1 N–H and O–H groups in total. The molecule has 0 atom stereocenters. The molecule has 0 aliphatic carbocycles. The van der Waals surface area contributed by atoms with Crippen molar-refractivity contribution >= 4 is 30.0 Å². The largest absolute Gasteiger partial charge is 0.253 e. The Morgan fingerprint density at radius 3 is 2.88 bits per heavy atom. The van der Waals surface area contributed by atoms with Crippen LogP contribution < -0.4 is 0 Å². The first-order chi connectivity index (χ1) is 12.5. The Labute approximate surface area is 160 Å². The van der Waals surface area contributed by atoms with Crippen LogP contribution in [0.25, 0.3) is 11.4 Å². The van der Waals surface area contributed by atoms with Crippen LogP contribution in [0.15, 0.2) is 29.4 Å². The van der Waals surface area contributed by atoms with Crippen LogP contribution in [0.3, 0.4) is 0 Å². The van der Waals surface area contributed by atoms with Gasteiger partial charge in [-0.05, 0) is 37.7 Å². The van der Waals surface area contributed by atoms with Crippen LogP contribution in [0.1, 0.15) is 31.0 Å². The third-order valence-electron chi connectivity index (χ3n) is 3.90. The van der Waals surface area contributed by atoms with E-state index in [-0.39, 0.29) is 10.6 Å². The zero-order valence-electron chi connectivity index (χ0n) is 14.4. The number of H-pyrrole nitrogens is 1. The van der Waals surface area contributed by atoms with Gasteiger partial charge in [-0.25, -0.2) is 9.49 Å². The van der Waals surface area contributed by atoms with E-state index in [1.54, 1.807) is 29.1 Å². The molecule has 0 saturated heterocycles. The minimum atomic E-state index is -0.403. The summed E-state index contributed by atoms with van der Waals surface area (Å²) in [4.78, 5) is 0. The first kappa shape index (κ1) is 18.5. The predicted molar refractivity (Wildman–Crippen MR) is 103 cm³/mol. The van der Waals surface area contributed by atoms with Crippen molar-refractivity contribution in [3.05, 3.63) is 51.3 Å². The molecule has 9 heteroatoms. The molecular weight excluding hydrogens is 375 g/mol. The summed E-state index contributed by atoms with van der Waals surface area (Å²) < 4.78 is 17.5. The van der Waals surface area contributed by atoms with Crippen LogP contribution in [-0.2, 0) is 6.54 Å². The molecule has 0 aliphatic heterocycles. The summed E-state index contributed by atoms with van der Waals surface area (Å²) in [5.74, 6) is -0.115. The second-order valence-electron chi connectivity index (χ2n) is 5.76. The van der Waals surface area contributed by atoms with Crippen LogP contribution in [0.5, 0.6) is 0 Å². The number of aryl methyl sites for hydroxylation is 2. The minimum Gasteiger partial charge on any atom is -0.253 e. The lowest BCUT2D eigenvalue weighted by atomic mass is 10.2. The van der Waals surface area contributed by atoms with Crippen LogP contribution in [0.4, 0.5) is 4.39 Å². The Kier molecular flexibility index (Phi) is 5.63. The van der Waals surface area contributed by atoms with Gasteiger partial charge < -0.3 is 0 Å². The maximum absolute atomic E-state index is 14.1. The average molecular weight is 393 g/mol. The van der Waals surface area contributed by atoms with E-state index in [9.17, 15) is 4.39 Å². The Morgan fingerprint density at radius 1 is 1.38 bits per heavy atom. The van der Waals surface area contributed by atoms with Crippen molar-refractivity contribution in [1.29, 1.82) is 0 Å². The Bertz CT molecular complexity index is 1000. The van der Waals surface area contributed by atoms with Crippen molar-refractivity contribution in [1.82, 2.24) is 24.7 Å². The lowest BCUT2D eigenvalue weighted by molar-refractivity contribution is 0.569. The van der Waals surface area contributed by atoms with E-state index < -0.39 is 5.82 Å². The average Bonchev–Trinajstić information content (AvgIpc) is 3.11. The van der Waals surface area contributed by atoms with Gasteiger partial charge in [-0.15, -0.1) is 0 Å². The molecule has 0 aliphatic rings. The van der Waals surface area contributed by atoms with E-state index >= 15 is 0 Å². The van der Waals surface area contributed by atoms with Crippen molar-refractivity contribution in [2.45, 2.75) is 33.2 Å². The summed E-state index contributed by atoms with van der Waals surface area (Å²) in [6.07, 6.45) is 3.61. The molecule has 0 fully saturated rings. The SMILES string of the molecule is CCCCn1nc(C)c(C=Nn2c(-c3ccccc3F)n[nH]c2=S)c1Cl. The van der Waals surface area contributed by atoms with E-state index in [0.29, 0.717) is 16.3 Å². The number of nitrogens with zero attached hydrogens (tertiary/aromatic N) is 5. The summed E-state index contributed by atoms with van der Waals surface area (Å²) in [5, 5.41) is 16.0. The van der Waals surface area contributed by atoms with E-state index in [2.05, 4.69) is 27.3 Å². The number of unbranched alkanes of at least 4 members (excludes halogenated alkanes) is 1. The van der Waals surface area contributed by atoms with Gasteiger partial charge in [0.25, 0.3) is 0 Å². The maximum atomic E-state index is 14.1. The van der Waals surface area contributed by atoms with Gasteiger partial charge in [-0.2, -0.15) is 20.0 Å². The number of nitrogens with one attached hydrogen (secondary N) is 1. The lowest BCUT2D eigenvalue weighted by Crippen LogP contribution is -2.00. The molecule has 0 radical (unpaired) electrons. The summed E-state index contributed by atoms with van der Waals surface area (Å²) in [5.41, 5.74) is 1.76. The molecule has 0 amide bonds. The number of rotatable bonds is 6. The van der Waals surface area contributed by atoms with Crippen molar-refractivity contribution < 1.29 is 4.39 Å². The highest BCUT2D eigenvalue weighted by atomic mass is 35.5. The molecule has 26 heavy (non-hydrogen) atoms. The van der Waals surface area contributed by atoms with E-state index in [1.807, 2.05) is 6.92 Å². The number of halogens is 2. The highest BCUT2D eigenvalue weighted by Gasteiger charge is 2.14. The fraction of sp³-hybridized carbons (Fsp3) is 0.294. The Hall–Kier alpha value is -2.32. The predicted octanol–water partition coefficient (Wildman–Crippen LogP) is 4.59. The van der Waals surface area contributed by atoms with Crippen molar-refractivity contribution in [2.24, 2.45) is 5.10 Å². The maximum Gasteiger partial charge on any atom is 0.216 e. The second-order valence-corrected chi connectivity index (χ2v) is 6.50. The van der Waals surface area contributed by atoms with E-state index in [1.165, 1.54) is 10.7 Å². The molecular formula is C17H18ClFN6S. The van der Waals surface area contributed by atoms with Gasteiger partial charge in [0.1, 0.15) is 11.0 Å². The summed E-state index contributed by atoms with van der Waals surface area (Å²) in [6, 6.07) is 6.32. The monoisotopic (exact) mass is 392 g/mol. The first-order valence-corrected chi connectivity index (χ1v) is 9.01. The van der Waals surface area contributed by atoms with Crippen LogP contribution >= 0.6 is 23.8 Å². The quantitative estimate of drug-likeness (QED) is 0.493. The van der Waals surface area contributed by atoms with Gasteiger partial charge in [0.2, 0.25) is 4.77 Å². The van der Waals surface area contributed by atoms with E-state index in [0.717, 1.165) is 25.1 Å². The fourth-order valence-electron chi connectivity index (χ4n) is 2.50. The smallest absolute Gasteiger partial charge is 0.216 e. The molecule has 6 nitrogen and oxygen atoms in total. The molecule has 2 aromatic heterocycles. The first-order valence-electron chi connectivity index (χ1n) is 8.22. The van der Waals surface area contributed by atoms with E-state index in [4.69, 9.17) is 23.8 Å². The highest BCUT2D eigenvalue weighted by molar-refractivity contribution is 7.71. The van der Waals surface area contributed by atoms with Gasteiger partial charge in [0, 0.05) is 6.54 Å². The number of aromatic nitrogens is 5. The Morgan fingerprint density at radius 2 is 2.15 bits per heavy atom. The minimum absolute atomic E-state index is 0.256. The molecule has 0 bridgehead atoms. The van der Waals surface area contributed by atoms with Gasteiger partial charge in [0.15, 0.2) is 5.82 Å². The summed E-state index contributed by atoms with van der Waals surface area (Å²) >= 11 is 11.6. The molecule has 0 saturated carbocycles. The van der Waals surface area contributed by atoms with Crippen LogP contribution in [-0.4, -0.2) is 30.9 Å². The number of hydrogen-bond donors (Lipinski definition) is 1. The topological polar surface area (TPSA) is 63.8 Å². The van der Waals surface area contributed by atoms with Crippen LogP contribution in [0.2, 0.25) is 5.15 Å². The van der Waals surface area contributed by atoms with Crippen molar-refractivity contribution in [3.8, 4) is 11.4 Å². The zero-order valence-corrected chi connectivity index (χ0v) is 16.0. The Balaban J connectivity index is 1.98. The zero-order chi connectivity index (χ0) is 18.7. The summed E-state index contributed by atoms with van der Waals surface area (Å²) in [7, 11) is 0. The highest BCUT2D eigenvalue weighted by Crippen LogP contribution is 2.22. The molecule has 0 spiro atoms. The standard InChI is InChI=1S/C17H18ClFN6S/c1-3-4-9-24-15(18)13(11(2)23-24)10-20-25-16(21-22-17(25)26)12-7-5-6-8-14(12)19/h5-8,10H,3-4,9H2,1-2H3,(H,22,26). The second kappa shape index (κ2) is 7.92. The molecule has 0 unspecified atom stereocenters. The molecule has 3 rings (SSSR count). The summed E-state index contributed by atoms with van der Waals surface area (Å²) in [6.45, 7) is 4.72. The van der Waals surface area contributed by atoms with Gasteiger partial charge in [-0.3, -0.25) is 4.68 Å². The fourth-order valence-corrected chi connectivity index (χ4v) is 2.99. The van der Waals surface area contributed by atoms with Crippen LogP contribution in [0, 0.1) is 17.5 Å². The van der Waals surface area contributed by atoms with Gasteiger partial charge in [-0.1, -0.05) is 37.1 Å². The number of hydrogen-bond acceptors (Lipinski definition) is 4. The molecule has 1 aromatic carbocycles. The third kappa shape index (κ3) is 3.61. The third-order valence-corrected chi connectivity index (χ3v) is 4.56. The molecule has 2 heterocycles. The number of aromatic amines is 1.